The second-order valence-corrected chi connectivity index (χ2v) is 4.87. The Hall–Kier alpha value is -1.52. The van der Waals surface area contributed by atoms with Gasteiger partial charge in [-0.3, -0.25) is 0 Å². The van der Waals surface area contributed by atoms with Gasteiger partial charge in [0.1, 0.15) is 0 Å². The molecule has 0 spiro atoms. The highest BCUT2D eigenvalue weighted by Crippen LogP contribution is 2.30. The summed E-state index contributed by atoms with van der Waals surface area (Å²) in [6.07, 6.45) is 3.48. The number of azide groups is 1. The summed E-state index contributed by atoms with van der Waals surface area (Å²) in [7, 11) is 0. The number of aliphatic carboxylic acids is 1. The number of ether oxygens (including phenoxy) is 1. The Balaban J connectivity index is 2.94. The topological polar surface area (TPSA) is 95.3 Å². The van der Waals surface area contributed by atoms with E-state index < -0.39 is 5.97 Å². The van der Waals surface area contributed by atoms with Gasteiger partial charge in [-0.15, -0.1) is 0 Å². The zero-order chi connectivity index (χ0) is 14.4. The zero-order valence-corrected chi connectivity index (χ0v) is 11.6. The van der Waals surface area contributed by atoms with E-state index >= 15 is 0 Å². The number of rotatable bonds is 6. The predicted molar refractivity (Wildman–Crippen MR) is 71.7 cm³/mol. The van der Waals surface area contributed by atoms with Crippen LogP contribution in [0.3, 0.4) is 0 Å². The molecule has 0 aliphatic heterocycles. The number of carboxylic acids is 1. The van der Waals surface area contributed by atoms with Crippen LogP contribution in [0.4, 0.5) is 0 Å². The fourth-order valence-corrected chi connectivity index (χ4v) is 2.29. The Labute approximate surface area is 113 Å². The molecule has 0 fully saturated rings. The van der Waals surface area contributed by atoms with Crippen molar-refractivity contribution in [1.82, 2.24) is 0 Å². The maximum absolute atomic E-state index is 11.1. The molecular formula is C13H21N3O3. The maximum Gasteiger partial charge on any atom is 0.331 e. The fourth-order valence-electron chi connectivity index (χ4n) is 2.29. The molecule has 1 N–H and O–H groups in total. The first-order valence-electron chi connectivity index (χ1n) is 6.67. The molecule has 0 aromatic carbocycles. The first-order valence-corrected chi connectivity index (χ1v) is 6.67. The third-order valence-electron chi connectivity index (χ3n) is 3.65. The second-order valence-electron chi connectivity index (χ2n) is 4.87. The summed E-state index contributed by atoms with van der Waals surface area (Å²) in [6.45, 7) is 6.00. The summed E-state index contributed by atoms with van der Waals surface area (Å²) in [4.78, 5) is 13.9. The van der Waals surface area contributed by atoms with Gasteiger partial charge in [-0.25, -0.2) is 4.79 Å². The summed E-state index contributed by atoms with van der Waals surface area (Å²) in [5.41, 5.74) is 8.84. The molecule has 0 aromatic heterocycles. The highest BCUT2D eigenvalue weighted by molar-refractivity contribution is 5.87. The van der Waals surface area contributed by atoms with Crippen molar-refractivity contribution < 1.29 is 14.6 Å². The summed E-state index contributed by atoms with van der Waals surface area (Å²) in [5.74, 6) is -0.984. The molecule has 0 bridgehead atoms. The summed E-state index contributed by atoms with van der Waals surface area (Å²) in [6, 6.07) is -0.361. The van der Waals surface area contributed by atoms with Crippen LogP contribution >= 0.6 is 0 Å². The molecule has 6 heteroatoms. The van der Waals surface area contributed by atoms with Gasteiger partial charge in [-0.05, 0) is 36.8 Å². The monoisotopic (exact) mass is 267 g/mol. The first kappa shape index (κ1) is 15.5. The lowest BCUT2D eigenvalue weighted by molar-refractivity contribution is -0.133. The van der Waals surface area contributed by atoms with Gasteiger partial charge < -0.3 is 9.84 Å². The van der Waals surface area contributed by atoms with Crippen LogP contribution in [0.2, 0.25) is 0 Å². The Kier molecular flexibility index (Phi) is 5.86. The van der Waals surface area contributed by atoms with Crippen LogP contribution in [-0.4, -0.2) is 29.3 Å². The van der Waals surface area contributed by atoms with Gasteiger partial charge in [-0.2, -0.15) is 0 Å². The molecule has 0 unspecified atom stereocenters. The normalized spacial score (nSPS) is 26.7. The van der Waals surface area contributed by atoms with Crippen LogP contribution in [0.25, 0.3) is 10.4 Å². The lowest BCUT2D eigenvalue weighted by Gasteiger charge is -2.33. The van der Waals surface area contributed by atoms with Crippen molar-refractivity contribution in [2.45, 2.75) is 58.3 Å². The number of nitrogens with zero attached hydrogens (tertiary/aromatic N) is 3. The average Bonchev–Trinajstić information content (AvgIpc) is 2.39. The molecule has 0 saturated heterocycles. The average molecular weight is 267 g/mol. The molecule has 0 saturated carbocycles. The van der Waals surface area contributed by atoms with E-state index in [2.05, 4.69) is 10.0 Å². The second kappa shape index (κ2) is 7.16. The molecule has 0 amide bonds. The van der Waals surface area contributed by atoms with Crippen LogP contribution in [0.1, 0.15) is 40.0 Å². The number of hydrogen-bond acceptors (Lipinski definition) is 3. The summed E-state index contributed by atoms with van der Waals surface area (Å²) >= 11 is 0. The minimum absolute atomic E-state index is 0.0143. The Morgan fingerprint density at radius 2 is 2.26 bits per heavy atom. The zero-order valence-electron chi connectivity index (χ0n) is 11.6. The van der Waals surface area contributed by atoms with E-state index in [1.54, 1.807) is 6.08 Å². The van der Waals surface area contributed by atoms with Crippen LogP contribution in [-0.2, 0) is 9.53 Å². The molecular weight excluding hydrogens is 246 g/mol. The predicted octanol–water partition coefficient (Wildman–Crippen LogP) is 3.29. The molecule has 3 atom stereocenters. The molecule has 6 nitrogen and oxygen atoms in total. The maximum atomic E-state index is 11.1. The van der Waals surface area contributed by atoms with Crippen molar-refractivity contribution in [1.29, 1.82) is 0 Å². The van der Waals surface area contributed by atoms with E-state index in [-0.39, 0.29) is 36.2 Å². The molecule has 19 heavy (non-hydrogen) atoms. The Bertz CT molecular complexity index is 398. The molecule has 0 radical (unpaired) electrons. The highest BCUT2D eigenvalue weighted by Gasteiger charge is 2.33. The van der Waals surface area contributed by atoms with Crippen molar-refractivity contribution in [2.75, 3.05) is 0 Å². The SMILES string of the molecule is CCC(CC)O[C@@H]1C=C(C(=O)O)C[C@H](N=[N+]=[N-])[C@H]1C. The fraction of sp³-hybridized carbons (Fsp3) is 0.769. The molecule has 1 aliphatic rings. The first-order chi connectivity index (χ1) is 9.03. The third kappa shape index (κ3) is 3.98. The van der Waals surface area contributed by atoms with Gasteiger partial charge in [0, 0.05) is 16.5 Å². The van der Waals surface area contributed by atoms with Crippen molar-refractivity contribution in [3.8, 4) is 0 Å². The van der Waals surface area contributed by atoms with Gasteiger partial charge >= 0.3 is 5.97 Å². The summed E-state index contributed by atoms with van der Waals surface area (Å²) < 4.78 is 5.94. The van der Waals surface area contributed by atoms with E-state index in [1.165, 1.54) is 0 Å². The van der Waals surface area contributed by atoms with Gasteiger partial charge in [0.05, 0.1) is 12.2 Å². The van der Waals surface area contributed by atoms with Gasteiger partial charge in [-0.1, -0.05) is 25.9 Å². The van der Waals surface area contributed by atoms with Crippen molar-refractivity contribution in [3.63, 3.8) is 0 Å². The quantitative estimate of drug-likeness (QED) is 0.454. The molecule has 1 rings (SSSR count). The third-order valence-corrected chi connectivity index (χ3v) is 3.65. The molecule has 1 aliphatic carbocycles. The van der Waals surface area contributed by atoms with Crippen LogP contribution in [0.5, 0.6) is 0 Å². The van der Waals surface area contributed by atoms with Gasteiger partial charge in [0.15, 0.2) is 0 Å². The van der Waals surface area contributed by atoms with Crippen molar-refractivity contribution in [3.05, 3.63) is 22.1 Å². The van der Waals surface area contributed by atoms with Gasteiger partial charge in [0.2, 0.25) is 0 Å². The van der Waals surface area contributed by atoms with Crippen LogP contribution < -0.4 is 0 Å². The van der Waals surface area contributed by atoms with E-state index in [0.29, 0.717) is 0 Å². The van der Waals surface area contributed by atoms with Crippen LogP contribution in [0.15, 0.2) is 16.8 Å². The van der Waals surface area contributed by atoms with E-state index in [9.17, 15) is 4.79 Å². The summed E-state index contributed by atoms with van der Waals surface area (Å²) in [5, 5.41) is 12.8. The highest BCUT2D eigenvalue weighted by atomic mass is 16.5. The molecule has 0 heterocycles. The lowest BCUT2D eigenvalue weighted by atomic mass is 9.84. The van der Waals surface area contributed by atoms with E-state index in [4.69, 9.17) is 15.4 Å². The smallest absolute Gasteiger partial charge is 0.331 e. The molecule has 106 valence electrons. The van der Waals surface area contributed by atoms with Crippen molar-refractivity contribution in [2.24, 2.45) is 11.0 Å². The Morgan fingerprint density at radius 3 is 2.74 bits per heavy atom. The number of hydrogen-bond donors (Lipinski definition) is 1. The van der Waals surface area contributed by atoms with E-state index in [0.717, 1.165) is 12.8 Å². The number of carbonyl (C=O) groups is 1. The Morgan fingerprint density at radius 1 is 1.63 bits per heavy atom. The largest absolute Gasteiger partial charge is 0.478 e. The van der Waals surface area contributed by atoms with E-state index in [1.807, 2.05) is 20.8 Å². The van der Waals surface area contributed by atoms with Crippen LogP contribution in [0, 0.1) is 5.92 Å². The number of carboxylic acid groups (broad SMARTS) is 1. The minimum Gasteiger partial charge on any atom is -0.478 e. The standard InChI is InChI=1S/C13H21N3O3/c1-4-10(5-2)19-12-7-9(13(17)18)6-11(8(12)3)15-16-14/h7-8,10-12H,4-6H2,1-3H3,(H,17,18)/t8-,11+,12-/m1/s1. The van der Waals surface area contributed by atoms with Crippen molar-refractivity contribution >= 4 is 5.97 Å². The van der Waals surface area contributed by atoms with Gasteiger partial charge in [0.25, 0.3) is 0 Å². The lowest BCUT2D eigenvalue weighted by Crippen LogP contribution is -2.37. The molecule has 0 aromatic rings. The minimum atomic E-state index is -0.969.